The molecular formula is C22H46N3P. The first kappa shape index (κ1) is 25.6. The minimum atomic E-state index is 1.26. The van der Waals surface area contributed by atoms with Gasteiger partial charge in [0.15, 0.2) is 0 Å². The van der Waals surface area contributed by atoms with E-state index in [1.807, 2.05) is 0 Å². The third-order valence-electron chi connectivity index (χ3n) is 4.75. The van der Waals surface area contributed by atoms with E-state index in [1.54, 1.807) is 0 Å². The van der Waals surface area contributed by atoms with Gasteiger partial charge in [0, 0.05) is 0 Å². The van der Waals surface area contributed by atoms with E-state index in [9.17, 15) is 0 Å². The fourth-order valence-electron chi connectivity index (χ4n) is 3.06. The van der Waals surface area contributed by atoms with Gasteiger partial charge in [-0.1, -0.05) is 104 Å². The molecule has 3 nitrogen and oxygen atoms in total. The number of rotatable bonds is 18. The molecule has 26 heavy (non-hydrogen) atoms. The molecule has 154 valence electrons. The maximum atomic E-state index is 3.56. The van der Waals surface area contributed by atoms with Crippen LogP contribution in [0.5, 0.6) is 0 Å². The van der Waals surface area contributed by atoms with E-state index in [4.69, 9.17) is 0 Å². The Labute approximate surface area is 165 Å². The van der Waals surface area contributed by atoms with Crippen molar-refractivity contribution in [1.29, 1.82) is 0 Å². The van der Waals surface area contributed by atoms with E-state index in [0.717, 1.165) is 0 Å². The van der Waals surface area contributed by atoms with Crippen LogP contribution >= 0.6 is 8.58 Å². The van der Waals surface area contributed by atoms with Gasteiger partial charge in [0.25, 0.3) is 0 Å². The molecule has 0 bridgehead atoms. The largest absolute Gasteiger partial charge is 0.266 e. The molecule has 0 aliphatic carbocycles. The number of H-pyrrole nitrogens is 1. The van der Waals surface area contributed by atoms with Crippen LogP contribution in [0.2, 0.25) is 0 Å². The molecule has 0 amide bonds. The molecule has 0 aliphatic rings. The first-order valence-corrected chi connectivity index (χ1v) is 12.8. The molecule has 0 fully saturated rings. The fraction of sp³-hybridized carbons (Fsp3) is 0.909. The summed E-state index contributed by atoms with van der Waals surface area (Å²) in [6.07, 6.45) is 29.5. The van der Waals surface area contributed by atoms with Crippen molar-refractivity contribution in [2.45, 2.75) is 117 Å². The normalized spacial score (nSPS) is 11.0. The summed E-state index contributed by atoms with van der Waals surface area (Å²) >= 11 is 0. The van der Waals surface area contributed by atoms with Crippen LogP contribution in [0.25, 0.3) is 0 Å². The molecular weight excluding hydrogens is 337 g/mol. The lowest BCUT2D eigenvalue weighted by molar-refractivity contribution is 0.548. The molecule has 0 radical (unpaired) electrons. The molecule has 1 aromatic heterocycles. The van der Waals surface area contributed by atoms with Crippen molar-refractivity contribution < 1.29 is 0 Å². The minimum Gasteiger partial charge on any atom is -0.266 e. The van der Waals surface area contributed by atoms with Crippen LogP contribution in [-0.4, -0.2) is 27.5 Å². The second-order valence-corrected chi connectivity index (χ2v) is 8.85. The summed E-state index contributed by atoms with van der Waals surface area (Å²) in [5, 5.41) is 5.99. The van der Waals surface area contributed by atoms with Gasteiger partial charge < -0.3 is 0 Å². The molecule has 1 atom stereocenters. The molecule has 1 rings (SSSR count). The van der Waals surface area contributed by atoms with Crippen LogP contribution in [0.4, 0.5) is 0 Å². The number of nitrogens with one attached hydrogen (secondary N) is 1. The van der Waals surface area contributed by atoms with Gasteiger partial charge in [-0.2, -0.15) is 5.10 Å². The lowest BCUT2D eigenvalue weighted by Gasteiger charge is -2.03. The van der Waals surface area contributed by atoms with Gasteiger partial charge in [-0.15, -0.1) is 8.58 Å². The highest BCUT2D eigenvalue weighted by Gasteiger charge is 1.94. The van der Waals surface area contributed by atoms with E-state index in [-0.39, 0.29) is 0 Å². The van der Waals surface area contributed by atoms with Crippen LogP contribution in [0.3, 0.4) is 0 Å². The number of aromatic nitrogens is 3. The van der Waals surface area contributed by atoms with Gasteiger partial charge in [0.1, 0.15) is 12.7 Å². The summed E-state index contributed by atoms with van der Waals surface area (Å²) in [5.74, 6) is 0. The van der Waals surface area contributed by atoms with Crippen LogP contribution in [0.15, 0.2) is 12.7 Å². The SMILES string of the molecule is CCCCCCCCCCCCCCPCCCCCC.c1nc[nH]n1. The second kappa shape index (κ2) is 24.6. The zero-order valence-electron chi connectivity index (χ0n) is 17.8. The van der Waals surface area contributed by atoms with E-state index in [2.05, 4.69) is 29.0 Å². The van der Waals surface area contributed by atoms with Crippen LogP contribution in [-0.2, 0) is 0 Å². The first-order valence-electron chi connectivity index (χ1n) is 11.4. The summed E-state index contributed by atoms with van der Waals surface area (Å²) in [4.78, 5) is 3.56. The first-order chi connectivity index (χ1) is 12.9. The van der Waals surface area contributed by atoms with Crippen LogP contribution in [0, 0.1) is 0 Å². The van der Waals surface area contributed by atoms with E-state index in [1.165, 1.54) is 136 Å². The highest BCUT2D eigenvalue weighted by Crippen LogP contribution is 2.18. The summed E-state index contributed by atoms with van der Waals surface area (Å²) < 4.78 is 0. The van der Waals surface area contributed by atoms with Crippen molar-refractivity contribution in [2.24, 2.45) is 0 Å². The highest BCUT2D eigenvalue weighted by molar-refractivity contribution is 7.37. The van der Waals surface area contributed by atoms with Crippen molar-refractivity contribution in [3.8, 4) is 0 Å². The number of hydrogen-bond acceptors (Lipinski definition) is 2. The molecule has 4 heteroatoms. The Morgan fingerprint density at radius 2 is 1.04 bits per heavy atom. The van der Waals surface area contributed by atoms with Crippen molar-refractivity contribution >= 4 is 8.58 Å². The third kappa shape index (κ3) is 23.6. The number of unbranched alkanes of at least 4 members (excludes halogenated alkanes) is 14. The molecule has 0 aliphatic heterocycles. The van der Waals surface area contributed by atoms with Crippen molar-refractivity contribution in [3.05, 3.63) is 12.7 Å². The molecule has 0 aromatic carbocycles. The summed E-state index contributed by atoms with van der Waals surface area (Å²) in [7, 11) is 1.26. The molecule has 0 saturated carbocycles. The zero-order valence-corrected chi connectivity index (χ0v) is 18.8. The Hall–Kier alpha value is -0.430. The van der Waals surface area contributed by atoms with Gasteiger partial charge >= 0.3 is 0 Å². The molecule has 1 unspecified atom stereocenters. The Kier molecular flexibility index (Phi) is 24.2. The van der Waals surface area contributed by atoms with Gasteiger partial charge in [0.2, 0.25) is 0 Å². The Balaban J connectivity index is 0.00000106. The van der Waals surface area contributed by atoms with E-state index in [0.29, 0.717) is 0 Å². The summed E-state index contributed by atoms with van der Waals surface area (Å²) in [6.45, 7) is 4.60. The number of hydrogen-bond donors (Lipinski definition) is 1. The van der Waals surface area contributed by atoms with Crippen LogP contribution < -0.4 is 0 Å². The van der Waals surface area contributed by atoms with Crippen molar-refractivity contribution in [3.63, 3.8) is 0 Å². The maximum absolute atomic E-state index is 3.56. The van der Waals surface area contributed by atoms with Gasteiger partial charge in [-0.05, 0) is 25.2 Å². The third-order valence-corrected chi connectivity index (χ3v) is 6.16. The van der Waals surface area contributed by atoms with Gasteiger partial charge in [-0.25, -0.2) is 4.98 Å². The molecule has 0 spiro atoms. The van der Waals surface area contributed by atoms with Crippen LogP contribution in [0.1, 0.15) is 117 Å². The lowest BCUT2D eigenvalue weighted by Crippen LogP contribution is -1.85. The second-order valence-electron chi connectivity index (χ2n) is 7.35. The highest BCUT2D eigenvalue weighted by atomic mass is 31.1. The van der Waals surface area contributed by atoms with Gasteiger partial charge in [0.05, 0.1) is 0 Å². The molecule has 1 N–H and O–H groups in total. The monoisotopic (exact) mass is 383 g/mol. The average Bonchev–Trinajstić information content (AvgIpc) is 3.24. The Morgan fingerprint density at radius 3 is 1.38 bits per heavy atom. The molecule has 0 saturated heterocycles. The number of aromatic amines is 1. The number of nitrogens with zero attached hydrogens (tertiary/aromatic N) is 2. The van der Waals surface area contributed by atoms with E-state index < -0.39 is 0 Å². The molecule has 1 aromatic rings. The van der Waals surface area contributed by atoms with E-state index >= 15 is 0 Å². The van der Waals surface area contributed by atoms with Crippen molar-refractivity contribution in [1.82, 2.24) is 15.2 Å². The zero-order chi connectivity index (χ0) is 19.0. The van der Waals surface area contributed by atoms with Crippen molar-refractivity contribution in [2.75, 3.05) is 12.3 Å². The average molecular weight is 384 g/mol. The maximum Gasteiger partial charge on any atom is 0.137 e. The quantitative estimate of drug-likeness (QED) is 0.208. The Bertz CT molecular complexity index is 282. The molecule has 1 heterocycles. The summed E-state index contributed by atoms with van der Waals surface area (Å²) in [5.41, 5.74) is 0. The summed E-state index contributed by atoms with van der Waals surface area (Å²) in [6, 6.07) is 0. The van der Waals surface area contributed by atoms with Gasteiger partial charge in [-0.3, -0.25) is 5.10 Å². The smallest absolute Gasteiger partial charge is 0.137 e. The topological polar surface area (TPSA) is 41.6 Å². The lowest BCUT2D eigenvalue weighted by atomic mass is 10.1. The predicted octanol–water partition coefficient (Wildman–Crippen LogP) is 7.75. The fourth-order valence-corrected chi connectivity index (χ4v) is 4.31. The Morgan fingerprint density at radius 1 is 0.615 bits per heavy atom. The minimum absolute atomic E-state index is 1.26. The standard InChI is InChI=1S/C20H43P.C2H3N3/c1-3-5-7-9-10-11-12-13-14-15-16-18-20-21-19-17-8-6-4-2;1-3-2-5-4-1/h21H,3-20H2,1-2H3;1-2H,(H,3,4,5). The predicted molar refractivity (Wildman–Crippen MR) is 120 cm³/mol.